The van der Waals surface area contributed by atoms with Crippen molar-refractivity contribution >= 4 is 6.29 Å². The van der Waals surface area contributed by atoms with E-state index in [1.54, 1.807) is 0 Å². The van der Waals surface area contributed by atoms with E-state index in [9.17, 15) is 18.0 Å². The van der Waals surface area contributed by atoms with Crippen LogP contribution in [0.2, 0.25) is 0 Å². The summed E-state index contributed by atoms with van der Waals surface area (Å²) in [4.78, 5) is 12.5. The number of carbonyl (C=O) groups excluding carboxylic acids is 1. The molecule has 1 unspecified atom stereocenters. The van der Waals surface area contributed by atoms with Gasteiger partial charge in [-0.1, -0.05) is 6.92 Å². The van der Waals surface area contributed by atoms with E-state index in [0.717, 1.165) is 12.7 Å². The Morgan fingerprint density at radius 3 is 2.61 bits per heavy atom. The third kappa shape index (κ3) is 4.94. The number of nitrogens with zero attached hydrogens (tertiary/aromatic N) is 1. The first kappa shape index (κ1) is 15.4. The quantitative estimate of drug-likeness (QED) is 0.691. The smallest absolute Gasteiger partial charge is 0.380 e. The number of hydrogen-bond donors (Lipinski definition) is 0. The number of ether oxygens (including phenoxy) is 1. The summed E-state index contributed by atoms with van der Waals surface area (Å²) >= 11 is 0. The van der Waals surface area contributed by atoms with E-state index in [1.807, 2.05) is 6.92 Å². The van der Waals surface area contributed by atoms with Crippen LogP contribution in [0.1, 0.15) is 26.2 Å². The number of alkyl halides is 3. The minimum absolute atomic E-state index is 0.129. The maximum absolute atomic E-state index is 12.5. The summed E-state index contributed by atoms with van der Waals surface area (Å²) in [5, 5.41) is 0. The molecule has 0 spiro atoms. The van der Waals surface area contributed by atoms with Crippen molar-refractivity contribution < 1.29 is 22.7 Å². The van der Waals surface area contributed by atoms with Crippen LogP contribution in [-0.4, -0.2) is 50.2 Å². The van der Waals surface area contributed by atoms with Crippen molar-refractivity contribution in [3.8, 4) is 0 Å². The molecular formula is C12H20F3NO2. The lowest BCUT2D eigenvalue weighted by Crippen LogP contribution is -2.47. The highest BCUT2D eigenvalue weighted by atomic mass is 19.4. The Labute approximate surface area is 105 Å². The zero-order chi connectivity index (χ0) is 13.6. The van der Waals surface area contributed by atoms with Crippen molar-refractivity contribution in [1.82, 2.24) is 4.90 Å². The second kappa shape index (κ2) is 6.52. The van der Waals surface area contributed by atoms with Gasteiger partial charge in [0.1, 0.15) is 6.29 Å². The van der Waals surface area contributed by atoms with Gasteiger partial charge in [-0.15, -0.1) is 0 Å². The van der Waals surface area contributed by atoms with Crippen LogP contribution in [0.4, 0.5) is 13.2 Å². The second-order valence-corrected chi connectivity index (χ2v) is 4.96. The summed E-state index contributed by atoms with van der Waals surface area (Å²) in [6.45, 7) is 2.15. The van der Waals surface area contributed by atoms with Gasteiger partial charge in [0.2, 0.25) is 0 Å². The summed E-state index contributed by atoms with van der Waals surface area (Å²) in [6.07, 6.45) is -1.49. The predicted octanol–water partition coefficient (Wildman–Crippen LogP) is 2.26. The second-order valence-electron chi connectivity index (χ2n) is 4.96. The molecule has 1 saturated heterocycles. The Balaban J connectivity index is 2.64. The molecule has 106 valence electrons. The molecule has 0 aromatic carbocycles. The Hall–Kier alpha value is -0.620. The van der Waals surface area contributed by atoms with Crippen LogP contribution in [0, 0.1) is 5.41 Å². The lowest BCUT2D eigenvalue weighted by atomic mass is 9.83. The highest BCUT2D eigenvalue weighted by molar-refractivity contribution is 5.60. The van der Waals surface area contributed by atoms with Crippen molar-refractivity contribution in [1.29, 1.82) is 0 Å². The molecule has 1 fully saturated rings. The maximum atomic E-state index is 12.5. The van der Waals surface area contributed by atoms with Gasteiger partial charge in [0.15, 0.2) is 0 Å². The van der Waals surface area contributed by atoms with Crippen LogP contribution in [-0.2, 0) is 9.53 Å². The molecule has 0 N–H and O–H groups in total. The first-order valence-electron chi connectivity index (χ1n) is 6.24. The van der Waals surface area contributed by atoms with Crippen LogP contribution in [0.5, 0.6) is 0 Å². The van der Waals surface area contributed by atoms with Gasteiger partial charge in [0, 0.05) is 13.2 Å². The zero-order valence-corrected chi connectivity index (χ0v) is 10.6. The molecule has 1 heterocycles. The monoisotopic (exact) mass is 267 g/mol. The number of aldehydes is 1. The Kier molecular flexibility index (Phi) is 5.59. The molecule has 1 rings (SSSR count). The number of hydrogen-bond acceptors (Lipinski definition) is 3. The minimum Gasteiger partial charge on any atom is -0.380 e. The average molecular weight is 267 g/mol. The van der Waals surface area contributed by atoms with E-state index >= 15 is 0 Å². The standard InChI is InChI=1S/C12H20F3NO2/c1-2-5-16(8-12(13,14)15)7-11(9-17)4-3-6-18-10-11/h9H,2-8,10H2,1H3. The van der Waals surface area contributed by atoms with Crippen LogP contribution >= 0.6 is 0 Å². The van der Waals surface area contributed by atoms with Gasteiger partial charge in [-0.3, -0.25) is 4.90 Å². The summed E-state index contributed by atoms with van der Waals surface area (Å²) in [5.74, 6) is 0. The van der Waals surface area contributed by atoms with E-state index in [0.29, 0.717) is 26.0 Å². The molecule has 0 aromatic rings. The third-order valence-corrected chi connectivity index (χ3v) is 3.08. The van der Waals surface area contributed by atoms with Crippen molar-refractivity contribution in [3.63, 3.8) is 0 Å². The van der Waals surface area contributed by atoms with Gasteiger partial charge < -0.3 is 9.53 Å². The number of rotatable bonds is 6. The van der Waals surface area contributed by atoms with Gasteiger partial charge in [0.25, 0.3) is 0 Å². The van der Waals surface area contributed by atoms with E-state index in [-0.39, 0.29) is 13.2 Å². The summed E-state index contributed by atoms with van der Waals surface area (Å²) in [6, 6.07) is 0. The first-order valence-corrected chi connectivity index (χ1v) is 6.24. The van der Waals surface area contributed by atoms with Crippen molar-refractivity contribution in [2.24, 2.45) is 5.41 Å². The highest BCUT2D eigenvalue weighted by Gasteiger charge is 2.38. The highest BCUT2D eigenvalue weighted by Crippen LogP contribution is 2.29. The van der Waals surface area contributed by atoms with Crippen LogP contribution in [0.25, 0.3) is 0 Å². The molecule has 1 aliphatic rings. The molecule has 0 bridgehead atoms. The van der Waals surface area contributed by atoms with Crippen molar-refractivity contribution in [2.45, 2.75) is 32.4 Å². The molecule has 18 heavy (non-hydrogen) atoms. The summed E-state index contributed by atoms with van der Waals surface area (Å²) in [5.41, 5.74) is -0.765. The molecule has 0 saturated carbocycles. The molecule has 0 aliphatic carbocycles. The molecule has 1 atom stereocenters. The van der Waals surface area contributed by atoms with Gasteiger partial charge in [-0.2, -0.15) is 13.2 Å². The van der Waals surface area contributed by atoms with Crippen LogP contribution in [0.15, 0.2) is 0 Å². The van der Waals surface area contributed by atoms with Gasteiger partial charge in [0.05, 0.1) is 18.6 Å². The van der Waals surface area contributed by atoms with Crippen molar-refractivity contribution in [2.75, 3.05) is 32.8 Å². The topological polar surface area (TPSA) is 29.5 Å². The lowest BCUT2D eigenvalue weighted by Gasteiger charge is -2.36. The lowest BCUT2D eigenvalue weighted by molar-refractivity contribution is -0.154. The Morgan fingerprint density at radius 1 is 1.44 bits per heavy atom. The molecule has 0 aromatic heterocycles. The molecule has 0 amide bonds. The average Bonchev–Trinajstić information content (AvgIpc) is 2.28. The largest absolute Gasteiger partial charge is 0.401 e. The Morgan fingerprint density at radius 2 is 2.17 bits per heavy atom. The molecule has 3 nitrogen and oxygen atoms in total. The molecule has 1 aliphatic heterocycles. The fraction of sp³-hybridized carbons (Fsp3) is 0.917. The minimum atomic E-state index is -4.23. The number of halogens is 3. The zero-order valence-electron chi connectivity index (χ0n) is 10.6. The SMILES string of the molecule is CCCN(CC(F)(F)F)CC1(C=O)CCCOC1. The summed E-state index contributed by atoms with van der Waals surface area (Å²) < 4.78 is 42.6. The van der Waals surface area contributed by atoms with E-state index in [2.05, 4.69) is 0 Å². The molecular weight excluding hydrogens is 247 g/mol. The van der Waals surface area contributed by atoms with E-state index in [1.165, 1.54) is 4.90 Å². The van der Waals surface area contributed by atoms with Crippen LogP contribution < -0.4 is 0 Å². The van der Waals surface area contributed by atoms with E-state index < -0.39 is 18.1 Å². The fourth-order valence-electron chi connectivity index (χ4n) is 2.36. The van der Waals surface area contributed by atoms with Crippen molar-refractivity contribution in [3.05, 3.63) is 0 Å². The van der Waals surface area contributed by atoms with Gasteiger partial charge >= 0.3 is 6.18 Å². The number of carbonyl (C=O) groups is 1. The van der Waals surface area contributed by atoms with Crippen LogP contribution in [0.3, 0.4) is 0 Å². The third-order valence-electron chi connectivity index (χ3n) is 3.08. The predicted molar refractivity (Wildman–Crippen MR) is 61.3 cm³/mol. The Bertz CT molecular complexity index is 263. The molecule has 6 heteroatoms. The summed E-state index contributed by atoms with van der Waals surface area (Å²) in [7, 11) is 0. The first-order chi connectivity index (χ1) is 8.41. The fourth-order valence-corrected chi connectivity index (χ4v) is 2.36. The van der Waals surface area contributed by atoms with E-state index in [4.69, 9.17) is 4.74 Å². The maximum Gasteiger partial charge on any atom is 0.401 e. The van der Waals surface area contributed by atoms with Gasteiger partial charge in [-0.25, -0.2) is 0 Å². The normalized spacial score (nSPS) is 25.4. The molecule has 0 radical (unpaired) electrons. The van der Waals surface area contributed by atoms with Gasteiger partial charge in [-0.05, 0) is 25.8 Å².